The van der Waals surface area contributed by atoms with E-state index in [0.29, 0.717) is 17.7 Å². The van der Waals surface area contributed by atoms with Crippen molar-refractivity contribution in [2.24, 2.45) is 0 Å². The summed E-state index contributed by atoms with van der Waals surface area (Å²) in [6, 6.07) is 0. The first-order valence-corrected chi connectivity index (χ1v) is 4.25. The number of thiocarbonyl (C=S) groups is 1. The predicted octanol–water partition coefficient (Wildman–Crippen LogP) is 2.69. The normalized spacial score (nSPS) is 9.27. The van der Waals surface area contributed by atoms with Crippen LogP contribution in [0, 0.1) is 0 Å². The Bertz CT molecular complexity index is 182. The van der Waals surface area contributed by atoms with Gasteiger partial charge in [0.25, 0.3) is 0 Å². The monoisotopic (exact) mass is 170 g/mol. The maximum atomic E-state index is 11.0. The number of hydrogen-bond acceptors (Lipinski definition) is 2. The van der Waals surface area contributed by atoms with Crippen LogP contribution in [0.4, 0.5) is 0 Å². The molecule has 0 aromatic carbocycles. The Morgan fingerprint density at radius 1 is 1.36 bits per heavy atom. The zero-order valence-corrected chi connectivity index (χ0v) is 7.96. The van der Waals surface area contributed by atoms with Crippen molar-refractivity contribution in [1.29, 1.82) is 0 Å². The van der Waals surface area contributed by atoms with Crippen molar-refractivity contribution < 1.29 is 4.79 Å². The lowest BCUT2D eigenvalue weighted by atomic mass is 10.1. The van der Waals surface area contributed by atoms with Crippen LogP contribution in [-0.2, 0) is 4.79 Å². The second-order valence-electron chi connectivity index (χ2n) is 2.48. The van der Waals surface area contributed by atoms with Gasteiger partial charge in [0.2, 0.25) is 0 Å². The van der Waals surface area contributed by atoms with E-state index in [9.17, 15) is 4.79 Å². The first-order chi connectivity index (χ1) is 5.11. The van der Waals surface area contributed by atoms with Crippen LogP contribution < -0.4 is 0 Å². The summed E-state index contributed by atoms with van der Waals surface area (Å²) in [7, 11) is 0. The van der Waals surface area contributed by atoms with Crippen molar-refractivity contribution in [3.63, 3.8) is 0 Å². The highest BCUT2D eigenvalue weighted by molar-refractivity contribution is 7.82. The van der Waals surface area contributed by atoms with Crippen molar-refractivity contribution in [2.45, 2.75) is 33.1 Å². The second kappa shape index (κ2) is 5.19. The summed E-state index contributed by atoms with van der Waals surface area (Å²) in [5, 5.41) is 0. The first-order valence-electron chi connectivity index (χ1n) is 3.84. The number of carbonyl (C=O) groups is 1. The third-order valence-corrected chi connectivity index (χ3v) is 1.91. The highest BCUT2D eigenvalue weighted by atomic mass is 32.1. The molecule has 0 aliphatic heterocycles. The van der Waals surface area contributed by atoms with Crippen molar-refractivity contribution in [2.75, 3.05) is 0 Å². The van der Waals surface area contributed by atoms with E-state index in [2.05, 4.69) is 6.58 Å². The van der Waals surface area contributed by atoms with Crippen LogP contribution in [0.15, 0.2) is 12.2 Å². The minimum Gasteiger partial charge on any atom is -0.294 e. The van der Waals surface area contributed by atoms with Crippen LogP contribution in [0.1, 0.15) is 33.1 Å². The van der Waals surface area contributed by atoms with Gasteiger partial charge in [0.1, 0.15) is 0 Å². The van der Waals surface area contributed by atoms with E-state index in [1.165, 1.54) is 0 Å². The van der Waals surface area contributed by atoms with Gasteiger partial charge in [-0.25, -0.2) is 0 Å². The molecule has 1 nitrogen and oxygen atoms in total. The van der Waals surface area contributed by atoms with Crippen molar-refractivity contribution in [1.82, 2.24) is 0 Å². The number of rotatable bonds is 5. The molecule has 2 heteroatoms. The lowest BCUT2D eigenvalue weighted by Crippen LogP contribution is -2.10. The number of allylic oxidation sites excluding steroid dienone is 1. The fourth-order valence-corrected chi connectivity index (χ4v) is 0.996. The Labute approximate surface area is 73.5 Å². The van der Waals surface area contributed by atoms with Gasteiger partial charge in [0, 0.05) is 12.8 Å². The Morgan fingerprint density at radius 3 is 2.27 bits per heavy atom. The van der Waals surface area contributed by atoms with Gasteiger partial charge in [-0.3, -0.25) is 4.79 Å². The fraction of sp³-hybridized carbons (Fsp3) is 0.556. The molecule has 0 N–H and O–H groups in total. The Morgan fingerprint density at radius 2 is 1.91 bits per heavy atom. The molecular weight excluding hydrogens is 156 g/mol. The van der Waals surface area contributed by atoms with Crippen LogP contribution >= 0.6 is 12.2 Å². The van der Waals surface area contributed by atoms with Gasteiger partial charge in [0.15, 0.2) is 5.78 Å². The molecule has 0 atom stereocenters. The van der Waals surface area contributed by atoms with Crippen LogP contribution in [0.5, 0.6) is 0 Å². The van der Waals surface area contributed by atoms with Crippen LogP contribution in [0.2, 0.25) is 0 Å². The molecule has 0 aromatic rings. The topological polar surface area (TPSA) is 17.1 Å². The largest absolute Gasteiger partial charge is 0.294 e. The quantitative estimate of drug-likeness (QED) is 0.466. The summed E-state index contributed by atoms with van der Waals surface area (Å²) in [4.78, 5) is 11.5. The van der Waals surface area contributed by atoms with Crippen LogP contribution in [0.25, 0.3) is 0 Å². The molecule has 0 radical (unpaired) electrons. The molecule has 0 spiro atoms. The van der Waals surface area contributed by atoms with E-state index in [1.54, 1.807) is 0 Å². The van der Waals surface area contributed by atoms with Gasteiger partial charge in [-0.2, -0.15) is 0 Å². The highest BCUT2D eigenvalue weighted by Crippen LogP contribution is 2.06. The van der Waals surface area contributed by atoms with E-state index < -0.39 is 0 Å². The molecule has 0 bridgehead atoms. The third-order valence-electron chi connectivity index (χ3n) is 1.54. The highest BCUT2D eigenvalue weighted by Gasteiger charge is 2.06. The predicted molar refractivity (Wildman–Crippen MR) is 51.9 cm³/mol. The lowest BCUT2D eigenvalue weighted by Gasteiger charge is -2.01. The Hall–Kier alpha value is -0.500. The van der Waals surface area contributed by atoms with Gasteiger partial charge in [-0.05, 0) is 6.42 Å². The van der Waals surface area contributed by atoms with Gasteiger partial charge in [-0.15, -0.1) is 0 Å². The van der Waals surface area contributed by atoms with Gasteiger partial charge < -0.3 is 0 Å². The number of Topliss-reactive ketones (excluding diaryl/α,β-unsaturated/α-hetero) is 1. The molecule has 0 fully saturated rings. The van der Waals surface area contributed by atoms with Crippen molar-refractivity contribution >= 4 is 22.9 Å². The molecule has 62 valence electrons. The van der Waals surface area contributed by atoms with E-state index in [-0.39, 0.29) is 5.78 Å². The average Bonchev–Trinajstić information content (AvgIpc) is 2.02. The summed E-state index contributed by atoms with van der Waals surface area (Å²) >= 11 is 4.91. The Balaban J connectivity index is 3.88. The molecule has 0 rings (SSSR count). The van der Waals surface area contributed by atoms with Gasteiger partial charge >= 0.3 is 0 Å². The summed E-state index contributed by atoms with van der Waals surface area (Å²) < 4.78 is 0. The molecule has 11 heavy (non-hydrogen) atoms. The minimum absolute atomic E-state index is 0.0783. The van der Waals surface area contributed by atoms with Crippen LogP contribution in [0.3, 0.4) is 0 Å². The summed E-state index contributed by atoms with van der Waals surface area (Å²) in [5.74, 6) is 0.0783. The number of carbonyl (C=O) groups excluding carboxylic acids is 1. The van der Waals surface area contributed by atoms with Crippen molar-refractivity contribution in [3.05, 3.63) is 12.2 Å². The smallest absolute Gasteiger partial charge is 0.169 e. The molecular formula is C9H14OS. The summed E-state index contributed by atoms with van der Waals surface area (Å²) in [6.07, 6.45) is 2.01. The summed E-state index contributed by atoms with van der Waals surface area (Å²) in [6.45, 7) is 7.63. The van der Waals surface area contributed by atoms with Gasteiger partial charge in [0.05, 0.1) is 4.86 Å². The van der Waals surface area contributed by atoms with E-state index in [1.807, 2.05) is 13.8 Å². The van der Waals surface area contributed by atoms with E-state index in [4.69, 9.17) is 12.2 Å². The molecule has 0 saturated heterocycles. The summed E-state index contributed by atoms with van der Waals surface area (Å²) in [5.41, 5.74) is 1.04. The zero-order valence-electron chi connectivity index (χ0n) is 7.14. The van der Waals surface area contributed by atoms with E-state index >= 15 is 0 Å². The average molecular weight is 170 g/mol. The maximum Gasteiger partial charge on any atom is 0.169 e. The molecule has 0 saturated carbocycles. The second-order valence-corrected chi connectivity index (χ2v) is 2.97. The number of hydrogen-bond donors (Lipinski definition) is 0. The lowest BCUT2D eigenvalue weighted by molar-refractivity contribution is -0.112. The van der Waals surface area contributed by atoms with E-state index in [0.717, 1.165) is 12.0 Å². The molecule has 0 aliphatic rings. The molecule has 0 aliphatic carbocycles. The Kier molecular flexibility index (Phi) is 4.95. The SMILES string of the molecule is C=C(CC)CC(=S)C(=O)CC. The minimum atomic E-state index is 0.0783. The third kappa shape index (κ3) is 4.04. The molecule has 0 aromatic heterocycles. The van der Waals surface area contributed by atoms with Crippen LogP contribution in [-0.4, -0.2) is 10.6 Å². The van der Waals surface area contributed by atoms with Gasteiger partial charge in [-0.1, -0.05) is 38.2 Å². The molecule has 0 heterocycles. The standard InChI is InChI=1S/C9H14OS/c1-4-7(3)6-9(11)8(10)5-2/h3-6H2,1-2H3. The fourth-order valence-electron chi connectivity index (χ4n) is 0.648. The molecule has 0 amide bonds. The maximum absolute atomic E-state index is 11.0. The zero-order chi connectivity index (χ0) is 8.85. The van der Waals surface area contributed by atoms with Crippen molar-refractivity contribution in [3.8, 4) is 0 Å². The molecule has 0 unspecified atom stereocenters. The number of ketones is 1. The first kappa shape index (κ1) is 10.5.